The van der Waals surface area contributed by atoms with E-state index in [0.29, 0.717) is 45.2 Å². The fourth-order valence-electron chi connectivity index (χ4n) is 4.11. The molecule has 2 aliphatic heterocycles. The quantitative estimate of drug-likeness (QED) is 0.834. The summed E-state index contributed by atoms with van der Waals surface area (Å²) in [7, 11) is 0. The second-order valence-electron chi connectivity index (χ2n) is 7.19. The number of carbonyl (C=O) groups is 2. The van der Waals surface area contributed by atoms with Crippen LogP contribution in [-0.4, -0.2) is 61.0 Å². The number of hydrogen-bond acceptors (Lipinski definition) is 4. The lowest BCUT2D eigenvalue weighted by Gasteiger charge is -2.31. The molecule has 6 nitrogen and oxygen atoms in total. The van der Waals surface area contributed by atoms with Gasteiger partial charge in [0.15, 0.2) is 5.76 Å². The first kappa shape index (κ1) is 17.8. The molecule has 0 saturated carbocycles. The molecule has 2 aromatic rings. The van der Waals surface area contributed by atoms with E-state index in [9.17, 15) is 9.59 Å². The number of rotatable bonds is 3. The van der Waals surface area contributed by atoms with Crippen LogP contribution in [0.15, 0.2) is 47.1 Å². The fourth-order valence-corrected chi connectivity index (χ4v) is 4.11. The van der Waals surface area contributed by atoms with Gasteiger partial charge in [0.05, 0.1) is 25.4 Å². The van der Waals surface area contributed by atoms with E-state index in [1.54, 1.807) is 17.0 Å². The lowest BCUT2D eigenvalue weighted by atomic mass is 9.85. The van der Waals surface area contributed by atoms with E-state index in [1.807, 2.05) is 17.0 Å². The molecule has 6 heteroatoms. The van der Waals surface area contributed by atoms with Crippen molar-refractivity contribution in [1.82, 2.24) is 9.80 Å². The molecule has 2 aliphatic rings. The Hall–Kier alpha value is -2.60. The first-order chi connectivity index (χ1) is 13.1. The molecule has 2 fully saturated rings. The van der Waals surface area contributed by atoms with Crippen molar-refractivity contribution in [3.05, 3.63) is 59.5 Å². The van der Waals surface area contributed by atoms with Crippen LogP contribution >= 0.6 is 0 Å². The topological polar surface area (TPSA) is 63.0 Å². The summed E-state index contributed by atoms with van der Waals surface area (Å²) >= 11 is 0. The van der Waals surface area contributed by atoms with Gasteiger partial charge < -0.3 is 19.0 Å². The highest BCUT2D eigenvalue weighted by atomic mass is 16.5. The second kappa shape index (κ2) is 7.56. The van der Waals surface area contributed by atoms with Gasteiger partial charge in [0.1, 0.15) is 0 Å². The molecule has 0 spiro atoms. The molecule has 0 bridgehead atoms. The number of carbonyl (C=O) groups excluding carboxylic acids is 2. The summed E-state index contributed by atoms with van der Waals surface area (Å²) in [6, 6.07) is 11.5. The molecule has 27 heavy (non-hydrogen) atoms. The number of nitrogens with zero attached hydrogens (tertiary/aromatic N) is 2. The third-order valence-electron chi connectivity index (χ3n) is 5.57. The number of ether oxygens (including phenoxy) is 1. The molecule has 0 N–H and O–H groups in total. The molecule has 2 unspecified atom stereocenters. The largest absolute Gasteiger partial charge is 0.459 e. The van der Waals surface area contributed by atoms with Gasteiger partial charge in [-0.25, -0.2) is 0 Å². The highest BCUT2D eigenvalue weighted by Crippen LogP contribution is 2.36. The third-order valence-corrected chi connectivity index (χ3v) is 5.57. The molecule has 4 rings (SSSR count). The monoisotopic (exact) mass is 368 g/mol. The van der Waals surface area contributed by atoms with Crippen molar-refractivity contribution in [3.8, 4) is 0 Å². The van der Waals surface area contributed by atoms with Crippen molar-refractivity contribution in [1.29, 1.82) is 0 Å². The molecule has 1 aromatic carbocycles. The first-order valence-electron chi connectivity index (χ1n) is 9.40. The minimum Gasteiger partial charge on any atom is -0.459 e. The van der Waals surface area contributed by atoms with Crippen LogP contribution in [0.4, 0.5) is 0 Å². The molecule has 2 saturated heterocycles. The van der Waals surface area contributed by atoms with Crippen LogP contribution in [0.25, 0.3) is 0 Å². The summed E-state index contributed by atoms with van der Waals surface area (Å²) in [6.07, 6.45) is 1.50. The molecule has 2 atom stereocenters. The molecule has 1 aromatic heterocycles. The molecule has 3 heterocycles. The van der Waals surface area contributed by atoms with E-state index in [2.05, 4.69) is 19.1 Å². The number of benzene rings is 1. The standard InChI is InChI=1S/C21H24N2O4/c1-15-5-2-3-6-16(15)17-13-23(21(25)19-7-4-10-27-19)14-18(17)20(24)22-8-11-26-12-9-22/h2-7,10,17-18H,8-9,11-14H2,1H3. The lowest BCUT2D eigenvalue weighted by Crippen LogP contribution is -2.45. The molecule has 0 aliphatic carbocycles. The number of aryl methyl sites for hydroxylation is 1. The van der Waals surface area contributed by atoms with Crippen molar-refractivity contribution in [3.63, 3.8) is 0 Å². The van der Waals surface area contributed by atoms with Gasteiger partial charge in [0, 0.05) is 32.1 Å². The van der Waals surface area contributed by atoms with Crippen molar-refractivity contribution in [2.45, 2.75) is 12.8 Å². The van der Waals surface area contributed by atoms with Gasteiger partial charge in [-0.1, -0.05) is 24.3 Å². The van der Waals surface area contributed by atoms with Crippen LogP contribution in [0.5, 0.6) is 0 Å². The normalized spacial score (nSPS) is 22.9. The molecular formula is C21H24N2O4. The van der Waals surface area contributed by atoms with Crippen LogP contribution in [0, 0.1) is 12.8 Å². The predicted octanol–water partition coefficient (Wildman–Crippen LogP) is 2.30. The van der Waals surface area contributed by atoms with Crippen molar-refractivity contribution in [2.24, 2.45) is 5.92 Å². The van der Waals surface area contributed by atoms with E-state index in [0.717, 1.165) is 11.1 Å². The van der Waals surface area contributed by atoms with Crippen LogP contribution in [-0.2, 0) is 9.53 Å². The van der Waals surface area contributed by atoms with Gasteiger partial charge in [-0.3, -0.25) is 9.59 Å². The van der Waals surface area contributed by atoms with Gasteiger partial charge in [-0.05, 0) is 30.2 Å². The van der Waals surface area contributed by atoms with Crippen molar-refractivity contribution < 1.29 is 18.7 Å². The smallest absolute Gasteiger partial charge is 0.289 e. The number of amides is 2. The van der Waals surface area contributed by atoms with E-state index in [-0.39, 0.29) is 23.7 Å². The Morgan fingerprint density at radius 3 is 2.48 bits per heavy atom. The Morgan fingerprint density at radius 2 is 1.78 bits per heavy atom. The number of hydrogen-bond donors (Lipinski definition) is 0. The highest BCUT2D eigenvalue weighted by Gasteiger charge is 2.43. The summed E-state index contributed by atoms with van der Waals surface area (Å²) in [4.78, 5) is 29.7. The second-order valence-corrected chi connectivity index (χ2v) is 7.19. The summed E-state index contributed by atoms with van der Waals surface area (Å²) in [5, 5.41) is 0. The Balaban J connectivity index is 1.62. The Bertz CT molecular complexity index is 811. The van der Waals surface area contributed by atoms with Gasteiger partial charge in [0.25, 0.3) is 5.91 Å². The van der Waals surface area contributed by atoms with Crippen LogP contribution < -0.4 is 0 Å². The molecule has 0 radical (unpaired) electrons. The number of likely N-dealkylation sites (tertiary alicyclic amines) is 1. The zero-order valence-corrected chi connectivity index (χ0v) is 15.5. The Kier molecular flexibility index (Phi) is 4.99. The van der Waals surface area contributed by atoms with E-state index in [1.165, 1.54) is 6.26 Å². The average Bonchev–Trinajstić information content (AvgIpc) is 3.38. The lowest BCUT2D eigenvalue weighted by molar-refractivity contribution is -0.139. The SMILES string of the molecule is Cc1ccccc1C1CN(C(=O)c2ccco2)CC1C(=O)N1CCOCC1. The summed E-state index contributed by atoms with van der Waals surface area (Å²) in [5.41, 5.74) is 2.29. The Morgan fingerprint density at radius 1 is 1.00 bits per heavy atom. The van der Waals surface area contributed by atoms with E-state index >= 15 is 0 Å². The third kappa shape index (κ3) is 3.49. The summed E-state index contributed by atoms with van der Waals surface area (Å²) < 4.78 is 10.7. The van der Waals surface area contributed by atoms with E-state index in [4.69, 9.17) is 9.15 Å². The number of furan rings is 1. The zero-order chi connectivity index (χ0) is 18.8. The van der Waals surface area contributed by atoms with Crippen LogP contribution in [0.1, 0.15) is 27.6 Å². The predicted molar refractivity (Wildman–Crippen MR) is 99.4 cm³/mol. The number of morpholine rings is 1. The maximum Gasteiger partial charge on any atom is 0.289 e. The van der Waals surface area contributed by atoms with Gasteiger partial charge in [0.2, 0.25) is 5.91 Å². The van der Waals surface area contributed by atoms with Crippen molar-refractivity contribution in [2.75, 3.05) is 39.4 Å². The van der Waals surface area contributed by atoms with E-state index < -0.39 is 0 Å². The van der Waals surface area contributed by atoms with Crippen LogP contribution in [0.3, 0.4) is 0 Å². The van der Waals surface area contributed by atoms with Gasteiger partial charge in [-0.2, -0.15) is 0 Å². The van der Waals surface area contributed by atoms with Gasteiger partial charge in [-0.15, -0.1) is 0 Å². The van der Waals surface area contributed by atoms with Crippen molar-refractivity contribution >= 4 is 11.8 Å². The summed E-state index contributed by atoms with van der Waals surface area (Å²) in [5.74, 6) is 0.0127. The molecule has 142 valence electrons. The summed E-state index contributed by atoms with van der Waals surface area (Å²) in [6.45, 7) is 5.36. The minimum atomic E-state index is -0.247. The van der Waals surface area contributed by atoms with Crippen LogP contribution in [0.2, 0.25) is 0 Å². The Labute approximate surface area is 158 Å². The zero-order valence-electron chi connectivity index (χ0n) is 15.5. The first-order valence-corrected chi connectivity index (χ1v) is 9.40. The fraction of sp³-hybridized carbons (Fsp3) is 0.429. The highest BCUT2D eigenvalue weighted by molar-refractivity contribution is 5.92. The minimum absolute atomic E-state index is 0.0135. The average molecular weight is 368 g/mol. The molecular weight excluding hydrogens is 344 g/mol. The maximum atomic E-state index is 13.3. The van der Waals surface area contributed by atoms with Gasteiger partial charge >= 0.3 is 0 Å². The maximum absolute atomic E-state index is 13.3. The molecule has 2 amide bonds.